The van der Waals surface area contributed by atoms with E-state index in [4.69, 9.17) is 10.5 Å². The van der Waals surface area contributed by atoms with Crippen LogP contribution in [0, 0.1) is 0 Å². The second-order valence-electron chi connectivity index (χ2n) is 5.56. The molecule has 0 bridgehead atoms. The summed E-state index contributed by atoms with van der Waals surface area (Å²) in [5, 5.41) is 7.66. The van der Waals surface area contributed by atoms with E-state index in [2.05, 4.69) is 15.2 Å². The van der Waals surface area contributed by atoms with Gasteiger partial charge in [-0.25, -0.2) is 0 Å². The molecule has 1 unspecified atom stereocenters. The van der Waals surface area contributed by atoms with Crippen molar-refractivity contribution in [3.8, 4) is 10.4 Å². The van der Waals surface area contributed by atoms with Gasteiger partial charge in [-0.1, -0.05) is 0 Å². The van der Waals surface area contributed by atoms with Gasteiger partial charge >= 0.3 is 0 Å². The number of hydrogen-bond donors (Lipinski definition) is 3. The third kappa shape index (κ3) is 1.85. The number of pyridine rings is 1. The summed E-state index contributed by atoms with van der Waals surface area (Å²) < 4.78 is 6.30. The van der Waals surface area contributed by atoms with Gasteiger partial charge in [0.05, 0.1) is 24.9 Å². The van der Waals surface area contributed by atoms with Crippen LogP contribution in [0.5, 0.6) is 0 Å². The molecule has 1 aliphatic rings. The predicted octanol–water partition coefficient (Wildman–Crippen LogP) is 1.68. The Morgan fingerprint density at radius 3 is 3.14 bits per heavy atom. The topological polar surface area (TPSA) is 96.8 Å². The number of nitrogens with two attached hydrogens (primary N) is 1. The van der Waals surface area contributed by atoms with Gasteiger partial charge in [-0.05, 0) is 13.0 Å². The molecule has 1 aliphatic heterocycles. The summed E-state index contributed by atoms with van der Waals surface area (Å²) in [6.07, 6.45) is 3.56. The standard InChI is InChI=1S/C14H14N4O2S/c1-14(15)6-20-5-9-8-2-10(7-3-16-17-4-7)21-11(8)13(19)18-12(9)14/h2-4H,5-6,15H2,1H3,(H,16,17)(H,18,19). The molecule has 0 fully saturated rings. The molecule has 0 amide bonds. The van der Waals surface area contributed by atoms with E-state index >= 15 is 0 Å². The first kappa shape index (κ1) is 12.8. The van der Waals surface area contributed by atoms with E-state index in [0.29, 0.717) is 17.9 Å². The van der Waals surface area contributed by atoms with Crippen molar-refractivity contribution in [1.82, 2.24) is 15.2 Å². The van der Waals surface area contributed by atoms with Crippen LogP contribution >= 0.6 is 11.3 Å². The molecule has 1 atom stereocenters. The summed E-state index contributed by atoms with van der Waals surface area (Å²) in [5.74, 6) is 0. The zero-order chi connectivity index (χ0) is 14.6. The van der Waals surface area contributed by atoms with E-state index in [1.165, 1.54) is 11.3 Å². The maximum atomic E-state index is 12.4. The second-order valence-corrected chi connectivity index (χ2v) is 6.61. The lowest BCUT2D eigenvalue weighted by Crippen LogP contribution is -2.44. The maximum absolute atomic E-state index is 12.4. The fraction of sp³-hybridized carbons (Fsp3) is 0.286. The van der Waals surface area contributed by atoms with Crippen molar-refractivity contribution >= 4 is 21.4 Å². The van der Waals surface area contributed by atoms with Crippen LogP contribution in [0.15, 0.2) is 23.3 Å². The molecule has 6 nitrogen and oxygen atoms in total. The summed E-state index contributed by atoms with van der Waals surface area (Å²) in [7, 11) is 0. The number of hydrogen-bond acceptors (Lipinski definition) is 5. The first-order valence-corrected chi connectivity index (χ1v) is 7.43. The number of H-pyrrole nitrogens is 2. The molecule has 4 heterocycles. The lowest BCUT2D eigenvalue weighted by molar-refractivity contribution is 0.0582. The van der Waals surface area contributed by atoms with Crippen molar-refractivity contribution in [2.45, 2.75) is 19.1 Å². The fourth-order valence-electron chi connectivity index (χ4n) is 2.77. The predicted molar refractivity (Wildman–Crippen MR) is 81.2 cm³/mol. The van der Waals surface area contributed by atoms with E-state index in [1.807, 2.05) is 19.2 Å². The summed E-state index contributed by atoms with van der Waals surface area (Å²) in [4.78, 5) is 16.3. The van der Waals surface area contributed by atoms with Crippen LogP contribution in [0.2, 0.25) is 0 Å². The summed E-state index contributed by atoms with van der Waals surface area (Å²) in [6.45, 7) is 2.74. The first-order valence-electron chi connectivity index (χ1n) is 6.61. The van der Waals surface area contributed by atoms with Crippen molar-refractivity contribution in [3.63, 3.8) is 0 Å². The van der Waals surface area contributed by atoms with E-state index in [0.717, 1.165) is 27.1 Å². The number of thiophene rings is 1. The minimum atomic E-state index is -0.668. The van der Waals surface area contributed by atoms with E-state index in [1.54, 1.807) is 6.20 Å². The molecule has 0 saturated carbocycles. The Kier molecular flexibility index (Phi) is 2.59. The van der Waals surface area contributed by atoms with E-state index in [-0.39, 0.29) is 5.56 Å². The minimum Gasteiger partial charge on any atom is -0.374 e. The molecule has 3 aromatic rings. The first-order chi connectivity index (χ1) is 10.1. The number of rotatable bonds is 1. The molecular formula is C14H14N4O2S. The fourth-order valence-corrected chi connectivity index (χ4v) is 3.83. The summed E-state index contributed by atoms with van der Waals surface area (Å²) in [6, 6.07) is 2.02. The van der Waals surface area contributed by atoms with Gasteiger partial charge in [0.25, 0.3) is 5.56 Å². The monoisotopic (exact) mass is 302 g/mol. The molecular weight excluding hydrogens is 288 g/mol. The Morgan fingerprint density at radius 1 is 1.52 bits per heavy atom. The van der Waals surface area contributed by atoms with Gasteiger partial charge in [0, 0.05) is 33.3 Å². The highest BCUT2D eigenvalue weighted by molar-refractivity contribution is 7.22. The smallest absolute Gasteiger partial charge is 0.266 e. The Hall–Kier alpha value is -1.96. The zero-order valence-electron chi connectivity index (χ0n) is 11.4. The molecule has 4 rings (SSSR count). The summed E-state index contributed by atoms with van der Waals surface area (Å²) in [5.41, 5.74) is 8.21. The normalized spacial score (nSPS) is 21.6. The number of nitrogens with zero attached hydrogens (tertiary/aromatic N) is 1. The molecule has 3 aromatic heterocycles. The number of ether oxygens (including phenoxy) is 1. The highest BCUT2D eigenvalue weighted by Gasteiger charge is 2.32. The van der Waals surface area contributed by atoms with Crippen LogP contribution in [-0.4, -0.2) is 21.8 Å². The molecule has 4 N–H and O–H groups in total. The Balaban J connectivity index is 2.04. The number of aromatic nitrogens is 3. The summed E-state index contributed by atoms with van der Waals surface area (Å²) >= 11 is 1.45. The van der Waals surface area contributed by atoms with Crippen molar-refractivity contribution in [1.29, 1.82) is 0 Å². The quantitative estimate of drug-likeness (QED) is 0.637. The van der Waals surface area contributed by atoms with Crippen LogP contribution in [0.25, 0.3) is 20.5 Å². The van der Waals surface area contributed by atoms with Gasteiger partial charge < -0.3 is 15.5 Å². The number of fused-ring (bicyclic) bond motifs is 3. The van der Waals surface area contributed by atoms with E-state index < -0.39 is 5.54 Å². The molecule has 0 aromatic carbocycles. The maximum Gasteiger partial charge on any atom is 0.266 e. The Morgan fingerprint density at radius 2 is 2.38 bits per heavy atom. The van der Waals surface area contributed by atoms with Crippen LogP contribution < -0.4 is 11.3 Å². The Labute approximate surface area is 123 Å². The van der Waals surface area contributed by atoms with Crippen LogP contribution in [0.4, 0.5) is 0 Å². The third-order valence-corrected chi connectivity index (χ3v) is 4.99. The van der Waals surface area contributed by atoms with Crippen LogP contribution in [-0.2, 0) is 16.9 Å². The van der Waals surface area contributed by atoms with Crippen LogP contribution in [0.1, 0.15) is 18.2 Å². The largest absolute Gasteiger partial charge is 0.374 e. The molecule has 0 saturated heterocycles. The van der Waals surface area contributed by atoms with Crippen molar-refractivity contribution in [2.75, 3.05) is 6.61 Å². The molecule has 108 valence electrons. The van der Waals surface area contributed by atoms with Crippen molar-refractivity contribution < 1.29 is 4.74 Å². The lowest BCUT2D eigenvalue weighted by Gasteiger charge is -2.31. The van der Waals surface area contributed by atoms with Gasteiger partial charge in [0.1, 0.15) is 4.70 Å². The van der Waals surface area contributed by atoms with Crippen molar-refractivity contribution in [3.05, 3.63) is 40.1 Å². The average molecular weight is 302 g/mol. The molecule has 21 heavy (non-hydrogen) atoms. The highest BCUT2D eigenvalue weighted by Crippen LogP contribution is 2.37. The van der Waals surface area contributed by atoms with E-state index in [9.17, 15) is 4.79 Å². The van der Waals surface area contributed by atoms with Gasteiger partial charge in [0.15, 0.2) is 0 Å². The average Bonchev–Trinajstić information content (AvgIpc) is 3.07. The number of nitrogens with one attached hydrogen (secondary N) is 2. The molecule has 0 spiro atoms. The Bertz CT molecular complexity index is 876. The molecule has 7 heteroatoms. The second kappa shape index (κ2) is 4.27. The van der Waals surface area contributed by atoms with Gasteiger partial charge in [-0.15, -0.1) is 11.3 Å². The lowest BCUT2D eigenvalue weighted by atomic mass is 9.92. The molecule has 0 aliphatic carbocycles. The van der Waals surface area contributed by atoms with Gasteiger partial charge in [-0.2, -0.15) is 5.10 Å². The highest BCUT2D eigenvalue weighted by atomic mass is 32.1. The number of aromatic amines is 2. The third-order valence-electron chi connectivity index (χ3n) is 3.81. The van der Waals surface area contributed by atoms with Gasteiger partial charge in [-0.3, -0.25) is 9.89 Å². The minimum absolute atomic E-state index is 0.0953. The van der Waals surface area contributed by atoms with Gasteiger partial charge in [0.2, 0.25) is 0 Å². The SMILES string of the molecule is CC1(N)COCc2c1[nH]c(=O)c1sc(-c3cn[nH]c3)cc21. The zero-order valence-corrected chi connectivity index (χ0v) is 12.2. The van der Waals surface area contributed by atoms with Crippen molar-refractivity contribution in [2.24, 2.45) is 5.73 Å². The van der Waals surface area contributed by atoms with Crippen LogP contribution in [0.3, 0.4) is 0 Å². The molecule has 0 radical (unpaired) electrons.